The number of carbonyl (C=O) groups excluding carboxylic acids is 1. The third-order valence-corrected chi connectivity index (χ3v) is 5.13. The molecular formula is C14H20N4O2. The first-order valence-electron chi connectivity index (χ1n) is 7.52. The lowest BCUT2D eigenvalue weighted by Gasteiger charge is -2.46. The smallest absolute Gasteiger partial charge is 0.229 e. The van der Waals surface area contributed by atoms with E-state index in [-0.39, 0.29) is 5.41 Å². The summed E-state index contributed by atoms with van der Waals surface area (Å²) in [5, 5.41) is 7.85. The van der Waals surface area contributed by atoms with Gasteiger partial charge in [-0.1, -0.05) is 5.21 Å². The van der Waals surface area contributed by atoms with Crippen molar-refractivity contribution in [1.82, 2.24) is 19.9 Å². The number of nitrogens with zero attached hydrogens (tertiary/aromatic N) is 4. The van der Waals surface area contributed by atoms with E-state index in [1.54, 1.807) is 6.20 Å². The number of amides is 1. The zero-order chi connectivity index (χ0) is 13.6. The topological polar surface area (TPSA) is 60.2 Å². The van der Waals surface area contributed by atoms with Crippen LogP contribution >= 0.6 is 0 Å². The van der Waals surface area contributed by atoms with Crippen molar-refractivity contribution < 1.29 is 9.53 Å². The Labute approximate surface area is 118 Å². The Morgan fingerprint density at radius 1 is 1.25 bits per heavy atom. The van der Waals surface area contributed by atoms with Gasteiger partial charge in [-0.05, 0) is 31.6 Å². The van der Waals surface area contributed by atoms with Crippen molar-refractivity contribution in [2.45, 2.75) is 31.7 Å². The highest BCUT2D eigenvalue weighted by Gasteiger charge is 2.54. The molecule has 1 aromatic heterocycles. The van der Waals surface area contributed by atoms with Crippen molar-refractivity contribution in [3.05, 3.63) is 12.4 Å². The molecule has 2 saturated heterocycles. The predicted octanol–water partition coefficient (Wildman–Crippen LogP) is 0.868. The number of hydrogen-bond acceptors (Lipinski definition) is 4. The molecule has 6 heteroatoms. The molecule has 1 aromatic rings. The van der Waals surface area contributed by atoms with Crippen molar-refractivity contribution in [3.8, 4) is 0 Å². The minimum Gasteiger partial charge on any atom is -0.381 e. The molecule has 2 aliphatic heterocycles. The van der Waals surface area contributed by atoms with Gasteiger partial charge in [-0.25, -0.2) is 4.68 Å². The lowest BCUT2D eigenvalue weighted by atomic mass is 9.73. The van der Waals surface area contributed by atoms with Crippen LogP contribution in [0.3, 0.4) is 0 Å². The van der Waals surface area contributed by atoms with E-state index in [0.717, 1.165) is 39.1 Å². The third-order valence-electron chi connectivity index (χ3n) is 5.13. The molecule has 0 atom stereocenters. The lowest BCUT2D eigenvalue weighted by Crippen LogP contribution is -2.57. The second-order valence-corrected chi connectivity index (χ2v) is 6.29. The lowest BCUT2D eigenvalue weighted by molar-refractivity contribution is -0.156. The standard InChI is InChI=1S/C14H20N4O2/c19-13(14(11-1-2-11)3-7-20-8-4-14)17-9-12(10-17)18-6-5-15-16-18/h5-6,11-12H,1-4,7-10H2. The Bertz CT molecular complexity index is 485. The van der Waals surface area contributed by atoms with Gasteiger partial charge in [0.05, 0.1) is 17.7 Å². The van der Waals surface area contributed by atoms with Crippen molar-refractivity contribution >= 4 is 5.91 Å². The summed E-state index contributed by atoms with van der Waals surface area (Å²) in [7, 11) is 0. The molecule has 1 saturated carbocycles. The summed E-state index contributed by atoms with van der Waals surface area (Å²) in [6.45, 7) is 3.03. The Morgan fingerprint density at radius 3 is 2.60 bits per heavy atom. The van der Waals surface area contributed by atoms with Gasteiger partial charge in [0, 0.05) is 32.5 Å². The molecule has 0 aromatic carbocycles. The maximum atomic E-state index is 12.9. The fourth-order valence-corrected chi connectivity index (χ4v) is 3.68. The van der Waals surface area contributed by atoms with Gasteiger partial charge in [0.2, 0.25) is 5.91 Å². The van der Waals surface area contributed by atoms with Crippen LogP contribution in [0.25, 0.3) is 0 Å². The number of rotatable bonds is 3. The molecule has 0 bridgehead atoms. The molecular weight excluding hydrogens is 256 g/mol. The largest absolute Gasteiger partial charge is 0.381 e. The van der Waals surface area contributed by atoms with E-state index in [4.69, 9.17) is 4.74 Å². The Kier molecular flexibility index (Phi) is 2.80. The molecule has 3 fully saturated rings. The van der Waals surface area contributed by atoms with Crippen molar-refractivity contribution in [2.24, 2.45) is 11.3 Å². The monoisotopic (exact) mass is 276 g/mol. The minimum absolute atomic E-state index is 0.119. The molecule has 0 unspecified atom stereocenters. The highest BCUT2D eigenvalue weighted by Crippen LogP contribution is 2.53. The maximum Gasteiger partial charge on any atom is 0.229 e. The van der Waals surface area contributed by atoms with Crippen LogP contribution in [0.1, 0.15) is 31.7 Å². The fourth-order valence-electron chi connectivity index (χ4n) is 3.68. The van der Waals surface area contributed by atoms with E-state index in [1.807, 2.05) is 15.8 Å². The summed E-state index contributed by atoms with van der Waals surface area (Å²) >= 11 is 0. The van der Waals surface area contributed by atoms with Crippen LogP contribution < -0.4 is 0 Å². The van der Waals surface area contributed by atoms with Gasteiger partial charge in [0.1, 0.15) is 0 Å². The molecule has 20 heavy (non-hydrogen) atoms. The summed E-state index contributed by atoms with van der Waals surface area (Å²) in [5.74, 6) is 0.962. The summed E-state index contributed by atoms with van der Waals surface area (Å²) < 4.78 is 7.33. The summed E-state index contributed by atoms with van der Waals surface area (Å²) in [6, 6.07) is 0.303. The zero-order valence-corrected chi connectivity index (χ0v) is 11.6. The van der Waals surface area contributed by atoms with Crippen molar-refractivity contribution in [3.63, 3.8) is 0 Å². The average Bonchev–Trinajstić information content (AvgIpc) is 3.16. The molecule has 0 spiro atoms. The van der Waals surface area contributed by atoms with Gasteiger partial charge in [0.15, 0.2) is 0 Å². The molecule has 0 N–H and O–H groups in total. The predicted molar refractivity (Wildman–Crippen MR) is 70.8 cm³/mol. The van der Waals surface area contributed by atoms with Gasteiger partial charge in [0.25, 0.3) is 0 Å². The molecule has 0 radical (unpaired) electrons. The fraction of sp³-hybridized carbons (Fsp3) is 0.786. The Morgan fingerprint density at radius 2 is 2.00 bits per heavy atom. The van der Waals surface area contributed by atoms with Gasteiger partial charge in [-0.2, -0.15) is 0 Å². The number of likely N-dealkylation sites (tertiary alicyclic amines) is 1. The van der Waals surface area contributed by atoms with Gasteiger partial charge < -0.3 is 9.64 Å². The van der Waals surface area contributed by atoms with Crippen LogP contribution in [0.2, 0.25) is 0 Å². The van der Waals surface area contributed by atoms with Crippen LogP contribution in [0.5, 0.6) is 0 Å². The second-order valence-electron chi connectivity index (χ2n) is 6.29. The van der Waals surface area contributed by atoms with Crippen LogP contribution in [0, 0.1) is 11.3 Å². The van der Waals surface area contributed by atoms with Crippen molar-refractivity contribution in [1.29, 1.82) is 0 Å². The molecule has 6 nitrogen and oxygen atoms in total. The van der Waals surface area contributed by atoms with E-state index < -0.39 is 0 Å². The molecule has 1 amide bonds. The van der Waals surface area contributed by atoms with Crippen molar-refractivity contribution in [2.75, 3.05) is 26.3 Å². The average molecular weight is 276 g/mol. The quantitative estimate of drug-likeness (QED) is 0.822. The summed E-state index contributed by atoms with van der Waals surface area (Å²) in [4.78, 5) is 14.9. The molecule has 108 valence electrons. The van der Waals surface area contributed by atoms with E-state index >= 15 is 0 Å². The first kappa shape index (κ1) is 12.3. The SMILES string of the molecule is O=C(N1CC(n2ccnn2)C1)C1(C2CC2)CCOCC1. The number of hydrogen-bond donors (Lipinski definition) is 0. The Balaban J connectivity index is 1.45. The maximum absolute atomic E-state index is 12.9. The zero-order valence-electron chi connectivity index (χ0n) is 11.6. The second kappa shape index (κ2) is 4.55. The number of ether oxygens (including phenoxy) is 1. The van der Waals surface area contributed by atoms with Crippen LogP contribution in [-0.4, -0.2) is 52.1 Å². The van der Waals surface area contributed by atoms with Gasteiger partial charge in [-0.3, -0.25) is 4.79 Å². The molecule has 4 rings (SSSR count). The Hall–Kier alpha value is -1.43. The van der Waals surface area contributed by atoms with Gasteiger partial charge >= 0.3 is 0 Å². The number of aromatic nitrogens is 3. The van der Waals surface area contributed by atoms with Crippen LogP contribution in [0.15, 0.2) is 12.4 Å². The minimum atomic E-state index is -0.119. The number of carbonyl (C=O) groups is 1. The van der Waals surface area contributed by atoms with E-state index in [9.17, 15) is 4.79 Å². The summed E-state index contributed by atoms with van der Waals surface area (Å²) in [5.41, 5.74) is -0.119. The van der Waals surface area contributed by atoms with E-state index in [0.29, 0.717) is 17.9 Å². The highest BCUT2D eigenvalue weighted by molar-refractivity contribution is 5.84. The first-order valence-corrected chi connectivity index (χ1v) is 7.52. The van der Waals surface area contributed by atoms with E-state index in [1.165, 1.54) is 12.8 Å². The van der Waals surface area contributed by atoms with Crippen LogP contribution in [-0.2, 0) is 9.53 Å². The highest BCUT2D eigenvalue weighted by atomic mass is 16.5. The normalized spacial score (nSPS) is 26.3. The summed E-state index contributed by atoms with van der Waals surface area (Å²) in [6.07, 6.45) is 7.80. The first-order chi connectivity index (χ1) is 9.79. The third kappa shape index (κ3) is 1.85. The van der Waals surface area contributed by atoms with Crippen LogP contribution in [0.4, 0.5) is 0 Å². The van der Waals surface area contributed by atoms with E-state index in [2.05, 4.69) is 10.3 Å². The van der Waals surface area contributed by atoms with Gasteiger partial charge in [-0.15, -0.1) is 5.10 Å². The molecule has 1 aliphatic carbocycles. The molecule has 3 heterocycles. The molecule has 3 aliphatic rings.